The highest BCUT2D eigenvalue weighted by Gasteiger charge is 2.07. The van der Waals surface area contributed by atoms with Crippen LogP contribution in [0.15, 0.2) is 22.8 Å². The van der Waals surface area contributed by atoms with Gasteiger partial charge in [-0.1, -0.05) is 0 Å². The van der Waals surface area contributed by atoms with Crippen molar-refractivity contribution in [1.29, 1.82) is 0 Å². The van der Waals surface area contributed by atoms with Crippen LogP contribution in [0.1, 0.15) is 19.3 Å². The number of aliphatic carboxylic acids is 1. The first kappa shape index (κ1) is 11.3. The predicted molar refractivity (Wildman–Crippen MR) is 57.0 cm³/mol. The van der Waals surface area contributed by atoms with Crippen LogP contribution in [0.4, 0.5) is 0 Å². The van der Waals surface area contributed by atoms with Crippen LogP contribution in [0.25, 0.3) is 11.6 Å². The highest BCUT2D eigenvalue weighted by molar-refractivity contribution is 5.66. The molecular formula is C10H12N4O3. The molecule has 2 heterocycles. The molecule has 0 fully saturated rings. The summed E-state index contributed by atoms with van der Waals surface area (Å²) in [5, 5.41) is 20.3. The van der Waals surface area contributed by atoms with E-state index in [2.05, 4.69) is 15.4 Å². The fourth-order valence-corrected chi connectivity index (χ4v) is 1.37. The van der Waals surface area contributed by atoms with Crippen LogP contribution in [-0.4, -0.2) is 31.3 Å². The average Bonchev–Trinajstić information content (AvgIpc) is 2.94. The summed E-state index contributed by atoms with van der Waals surface area (Å²) in [6.45, 7) is 0.557. The first-order valence-corrected chi connectivity index (χ1v) is 5.29. The molecule has 0 radical (unpaired) electrons. The summed E-state index contributed by atoms with van der Waals surface area (Å²) in [6.07, 6.45) is 3.02. The van der Waals surface area contributed by atoms with Crippen molar-refractivity contribution in [1.82, 2.24) is 20.2 Å². The molecule has 17 heavy (non-hydrogen) atoms. The van der Waals surface area contributed by atoms with Crippen LogP contribution in [0, 0.1) is 0 Å². The summed E-state index contributed by atoms with van der Waals surface area (Å²) in [4.78, 5) is 11.8. The van der Waals surface area contributed by atoms with Gasteiger partial charge in [0.2, 0.25) is 5.82 Å². The van der Waals surface area contributed by atoms with Crippen LogP contribution >= 0.6 is 0 Å². The van der Waals surface area contributed by atoms with Crippen molar-refractivity contribution in [3.8, 4) is 11.6 Å². The van der Waals surface area contributed by atoms with Crippen molar-refractivity contribution in [3.05, 3.63) is 18.4 Å². The molecule has 0 aromatic carbocycles. The van der Waals surface area contributed by atoms with Gasteiger partial charge < -0.3 is 9.52 Å². The van der Waals surface area contributed by atoms with Crippen LogP contribution < -0.4 is 0 Å². The number of carboxylic acid groups (broad SMARTS) is 1. The number of nitrogens with zero attached hydrogens (tertiary/aromatic N) is 4. The van der Waals surface area contributed by atoms with Gasteiger partial charge in [0.15, 0.2) is 5.76 Å². The number of furan rings is 1. The minimum Gasteiger partial charge on any atom is -0.481 e. The van der Waals surface area contributed by atoms with Gasteiger partial charge in [-0.15, -0.1) is 10.2 Å². The van der Waals surface area contributed by atoms with E-state index in [0.29, 0.717) is 31.0 Å². The lowest BCUT2D eigenvalue weighted by atomic mass is 10.2. The molecule has 0 unspecified atom stereocenters. The molecule has 0 saturated heterocycles. The zero-order chi connectivity index (χ0) is 12.1. The summed E-state index contributed by atoms with van der Waals surface area (Å²) in [5.74, 6) is 0.225. The summed E-state index contributed by atoms with van der Waals surface area (Å²) >= 11 is 0. The normalized spacial score (nSPS) is 10.6. The Morgan fingerprint density at radius 2 is 2.35 bits per heavy atom. The van der Waals surface area contributed by atoms with Crippen molar-refractivity contribution in [2.45, 2.75) is 25.8 Å². The van der Waals surface area contributed by atoms with Gasteiger partial charge in [0.25, 0.3) is 0 Å². The van der Waals surface area contributed by atoms with E-state index in [4.69, 9.17) is 9.52 Å². The van der Waals surface area contributed by atoms with Crippen LogP contribution in [0.2, 0.25) is 0 Å². The van der Waals surface area contributed by atoms with Gasteiger partial charge in [-0.05, 0) is 30.2 Å². The van der Waals surface area contributed by atoms with Crippen molar-refractivity contribution >= 4 is 5.97 Å². The molecule has 90 valence electrons. The van der Waals surface area contributed by atoms with Crippen LogP contribution in [-0.2, 0) is 11.3 Å². The Morgan fingerprint density at radius 1 is 1.47 bits per heavy atom. The fourth-order valence-electron chi connectivity index (χ4n) is 1.37. The van der Waals surface area contributed by atoms with E-state index in [-0.39, 0.29) is 6.42 Å². The Labute approximate surface area is 97.0 Å². The summed E-state index contributed by atoms with van der Waals surface area (Å²) < 4.78 is 5.13. The van der Waals surface area contributed by atoms with E-state index < -0.39 is 5.97 Å². The van der Waals surface area contributed by atoms with E-state index in [9.17, 15) is 4.79 Å². The number of carboxylic acids is 1. The number of hydrogen-bond donors (Lipinski definition) is 1. The van der Waals surface area contributed by atoms with E-state index in [1.807, 2.05) is 0 Å². The van der Waals surface area contributed by atoms with E-state index in [0.717, 1.165) is 0 Å². The molecule has 0 aliphatic heterocycles. The van der Waals surface area contributed by atoms with Gasteiger partial charge in [0.1, 0.15) is 0 Å². The SMILES string of the molecule is O=C(O)CCCCn1nnc(-c2ccco2)n1. The van der Waals surface area contributed by atoms with Crippen molar-refractivity contribution in [3.63, 3.8) is 0 Å². The third-order valence-corrected chi connectivity index (χ3v) is 2.19. The van der Waals surface area contributed by atoms with Crippen LogP contribution in [0.3, 0.4) is 0 Å². The largest absolute Gasteiger partial charge is 0.481 e. The molecule has 0 aliphatic rings. The Kier molecular flexibility index (Phi) is 3.49. The third kappa shape index (κ3) is 3.13. The second-order valence-electron chi connectivity index (χ2n) is 3.54. The number of hydrogen-bond acceptors (Lipinski definition) is 5. The van der Waals surface area contributed by atoms with Gasteiger partial charge in [0.05, 0.1) is 12.8 Å². The van der Waals surface area contributed by atoms with Crippen LogP contribution in [0.5, 0.6) is 0 Å². The fraction of sp³-hybridized carbons (Fsp3) is 0.400. The third-order valence-electron chi connectivity index (χ3n) is 2.19. The smallest absolute Gasteiger partial charge is 0.303 e. The van der Waals surface area contributed by atoms with Gasteiger partial charge in [0, 0.05) is 6.42 Å². The molecule has 7 nitrogen and oxygen atoms in total. The van der Waals surface area contributed by atoms with Gasteiger partial charge in [-0.25, -0.2) is 0 Å². The molecule has 1 N–H and O–H groups in total. The molecule has 0 amide bonds. The first-order valence-electron chi connectivity index (χ1n) is 5.29. The first-order chi connectivity index (χ1) is 8.25. The summed E-state index contributed by atoms with van der Waals surface area (Å²) in [5.41, 5.74) is 0. The van der Waals surface area contributed by atoms with E-state index in [1.165, 1.54) is 4.80 Å². The Hall–Kier alpha value is -2.18. The second-order valence-corrected chi connectivity index (χ2v) is 3.54. The van der Waals surface area contributed by atoms with E-state index >= 15 is 0 Å². The van der Waals surface area contributed by atoms with Gasteiger partial charge >= 0.3 is 5.97 Å². The van der Waals surface area contributed by atoms with E-state index in [1.54, 1.807) is 18.4 Å². The molecule has 0 saturated carbocycles. The Morgan fingerprint density at radius 3 is 3.06 bits per heavy atom. The topological polar surface area (TPSA) is 94.0 Å². The molecule has 0 bridgehead atoms. The minimum atomic E-state index is -0.784. The molecule has 2 rings (SSSR count). The van der Waals surface area contributed by atoms with Gasteiger partial charge in [-0.2, -0.15) is 4.80 Å². The number of tetrazole rings is 1. The maximum Gasteiger partial charge on any atom is 0.303 e. The van der Waals surface area contributed by atoms with Crippen molar-refractivity contribution in [2.24, 2.45) is 0 Å². The number of aryl methyl sites for hydroxylation is 1. The number of rotatable bonds is 6. The molecule has 0 aliphatic carbocycles. The molecule has 2 aromatic rings. The quantitative estimate of drug-likeness (QED) is 0.757. The highest BCUT2D eigenvalue weighted by atomic mass is 16.4. The predicted octanol–water partition coefficient (Wildman–Crippen LogP) is 1.19. The lowest BCUT2D eigenvalue weighted by Crippen LogP contribution is -2.03. The average molecular weight is 236 g/mol. The number of aromatic nitrogens is 4. The summed E-state index contributed by atoms with van der Waals surface area (Å²) in [6, 6.07) is 3.51. The molecule has 0 atom stereocenters. The number of unbranched alkanes of at least 4 members (excludes halogenated alkanes) is 1. The van der Waals surface area contributed by atoms with Crippen molar-refractivity contribution < 1.29 is 14.3 Å². The Balaban J connectivity index is 1.84. The maximum atomic E-state index is 10.3. The lowest BCUT2D eigenvalue weighted by molar-refractivity contribution is -0.137. The zero-order valence-electron chi connectivity index (χ0n) is 9.11. The number of carbonyl (C=O) groups is 1. The summed E-state index contributed by atoms with van der Waals surface area (Å²) in [7, 11) is 0. The van der Waals surface area contributed by atoms with Gasteiger partial charge in [-0.3, -0.25) is 4.79 Å². The monoisotopic (exact) mass is 236 g/mol. The highest BCUT2D eigenvalue weighted by Crippen LogP contribution is 2.13. The molecule has 0 spiro atoms. The minimum absolute atomic E-state index is 0.166. The molecule has 7 heteroatoms. The second kappa shape index (κ2) is 5.24. The molecule has 2 aromatic heterocycles. The molecular weight excluding hydrogens is 224 g/mol. The lowest BCUT2D eigenvalue weighted by Gasteiger charge is -1.96. The standard InChI is InChI=1S/C10H12N4O3/c15-9(16)5-1-2-6-14-12-10(11-13-14)8-4-3-7-17-8/h3-4,7H,1-2,5-6H2,(H,15,16). The Bertz CT molecular complexity index is 477. The van der Waals surface area contributed by atoms with Crippen molar-refractivity contribution in [2.75, 3.05) is 0 Å². The maximum absolute atomic E-state index is 10.3. The zero-order valence-corrected chi connectivity index (χ0v) is 9.11.